The summed E-state index contributed by atoms with van der Waals surface area (Å²) in [6, 6.07) is 16.0. The van der Waals surface area contributed by atoms with E-state index < -0.39 is 10.0 Å². The van der Waals surface area contributed by atoms with Crippen molar-refractivity contribution in [2.24, 2.45) is 0 Å². The van der Waals surface area contributed by atoms with Gasteiger partial charge in [-0.15, -0.1) is 0 Å². The van der Waals surface area contributed by atoms with Gasteiger partial charge in [0.2, 0.25) is 10.0 Å². The highest BCUT2D eigenvalue weighted by atomic mass is 32.2. The van der Waals surface area contributed by atoms with Crippen LogP contribution in [0.4, 0.5) is 0 Å². The largest absolute Gasteiger partial charge is 0.310 e. The summed E-state index contributed by atoms with van der Waals surface area (Å²) in [6.07, 6.45) is 1.69. The molecule has 0 saturated carbocycles. The zero-order valence-electron chi connectivity index (χ0n) is 14.9. The van der Waals surface area contributed by atoms with Gasteiger partial charge in [0.25, 0.3) is 0 Å². The first-order valence-electron chi connectivity index (χ1n) is 8.81. The molecule has 0 amide bonds. The highest BCUT2D eigenvalue weighted by Gasteiger charge is 2.29. The third-order valence-corrected chi connectivity index (χ3v) is 6.74. The molecule has 0 aromatic heterocycles. The van der Waals surface area contributed by atoms with Crippen LogP contribution in [0.15, 0.2) is 53.4 Å². The van der Waals surface area contributed by atoms with Crippen molar-refractivity contribution in [3.8, 4) is 0 Å². The second kappa shape index (κ2) is 7.68. The molecule has 0 bridgehead atoms. The van der Waals surface area contributed by atoms with Gasteiger partial charge in [-0.2, -0.15) is 4.31 Å². The smallest absolute Gasteiger partial charge is 0.243 e. The zero-order valence-corrected chi connectivity index (χ0v) is 15.7. The average Bonchev–Trinajstić information content (AvgIpc) is 2.62. The molecule has 3 rings (SSSR count). The Balaban J connectivity index is 1.54. The molecule has 1 heterocycles. The lowest BCUT2D eigenvalue weighted by atomic mass is 10.1. The minimum Gasteiger partial charge on any atom is -0.310 e. The molecule has 1 aliphatic heterocycles. The molecular formula is C20H26N2O2S. The molecule has 0 aliphatic carbocycles. The third kappa shape index (κ3) is 4.48. The summed E-state index contributed by atoms with van der Waals surface area (Å²) in [6.45, 7) is 6.02. The quantitative estimate of drug-likeness (QED) is 0.893. The van der Waals surface area contributed by atoms with Crippen LogP contribution in [0, 0.1) is 13.8 Å². The molecule has 0 spiro atoms. The summed E-state index contributed by atoms with van der Waals surface area (Å²) in [7, 11) is -3.37. The number of hydrogen-bond donors (Lipinski definition) is 1. The number of hydrogen-bond acceptors (Lipinski definition) is 3. The van der Waals surface area contributed by atoms with E-state index in [2.05, 4.69) is 36.5 Å². The van der Waals surface area contributed by atoms with E-state index >= 15 is 0 Å². The van der Waals surface area contributed by atoms with Crippen molar-refractivity contribution in [1.29, 1.82) is 0 Å². The highest BCUT2D eigenvalue weighted by Crippen LogP contribution is 2.21. The Morgan fingerprint density at radius 2 is 1.44 bits per heavy atom. The first-order chi connectivity index (χ1) is 11.9. The normalized spacial score (nSPS) is 16.9. The maximum absolute atomic E-state index is 12.7. The van der Waals surface area contributed by atoms with E-state index in [0.717, 1.165) is 24.9 Å². The second-order valence-electron chi connectivity index (χ2n) is 6.86. The third-order valence-electron chi connectivity index (χ3n) is 4.83. The van der Waals surface area contributed by atoms with Gasteiger partial charge in [-0.05, 0) is 44.4 Å². The van der Waals surface area contributed by atoms with Crippen molar-refractivity contribution in [3.05, 3.63) is 65.2 Å². The fraction of sp³-hybridized carbons (Fsp3) is 0.400. The first kappa shape index (κ1) is 18.1. The summed E-state index contributed by atoms with van der Waals surface area (Å²) >= 11 is 0. The van der Waals surface area contributed by atoms with Gasteiger partial charge in [-0.3, -0.25) is 0 Å². The maximum Gasteiger partial charge on any atom is 0.243 e. The minimum atomic E-state index is -3.37. The van der Waals surface area contributed by atoms with Crippen LogP contribution >= 0.6 is 0 Å². The van der Waals surface area contributed by atoms with Gasteiger partial charge in [0.1, 0.15) is 0 Å². The lowest BCUT2D eigenvalue weighted by Gasteiger charge is -2.31. The zero-order chi connectivity index (χ0) is 17.9. The fourth-order valence-electron chi connectivity index (χ4n) is 3.13. The van der Waals surface area contributed by atoms with Gasteiger partial charge in [0, 0.05) is 25.7 Å². The van der Waals surface area contributed by atoms with E-state index in [1.807, 2.05) is 19.1 Å². The number of aryl methyl sites for hydroxylation is 2. The average molecular weight is 359 g/mol. The van der Waals surface area contributed by atoms with E-state index in [4.69, 9.17) is 0 Å². The number of nitrogens with zero attached hydrogens (tertiary/aromatic N) is 1. The van der Waals surface area contributed by atoms with Crippen LogP contribution in [0.5, 0.6) is 0 Å². The van der Waals surface area contributed by atoms with E-state index in [1.165, 1.54) is 11.1 Å². The standard InChI is InChI=1S/C20H26N2O2S/c1-16-3-7-18(8-4-16)15-21-19-11-13-22(14-12-19)25(23,24)20-9-5-17(2)6-10-20/h3-10,19,21H,11-15H2,1-2H3. The molecule has 2 aromatic carbocycles. The SMILES string of the molecule is Cc1ccc(CNC2CCN(S(=O)(=O)c3ccc(C)cc3)CC2)cc1. The van der Waals surface area contributed by atoms with Crippen LogP contribution < -0.4 is 5.32 Å². The second-order valence-corrected chi connectivity index (χ2v) is 8.80. The van der Waals surface area contributed by atoms with Crippen LogP contribution in [-0.4, -0.2) is 31.9 Å². The number of nitrogens with one attached hydrogen (secondary N) is 1. The van der Waals surface area contributed by atoms with Crippen LogP contribution in [0.25, 0.3) is 0 Å². The highest BCUT2D eigenvalue weighted by molar-refractivity contribution is 7.89. The fourth-order valence-corrected chi connectivity index (χ4v) is 4.60. The number of sulfonamides is 1. The topological polar surface area (TPSA) is 49.4 Å². The van der Waals surface area contributed by atoms with Crippen molar-refractivity contribution in [2.75, 3.05) is 13.1 Å². The molecule has 4 nitrogen and oxygen atoms in total. The molecule has 134 valence electrons. The van der Waals surface area contributed by atoms with Crippen LogP contribution in [0.3, 0.4) is 0 Å². The number of benzene rings is 2. The van der Waals surface area contributed by atoms with E-state index in [0.29, 0.717) is 24.0 Å². The summed E-state index contributed by atoms with van der Waals surface area (Å²) < 4.78 is 27.1. The summed E-state index contributed by atoms with van der Waals surface area (Å²) in [4.78, 5) is 0.393. The Morgan fingerprint density at radius 1 is 0.920 bits per heavy atom. The van der Waals surface area contributed by atoms with E-state index in [-0.39, 0.29) is 0 Å². The number of piperidine rings is 1. The first-order valence-corrected chi connectivity index (χ1v) is 10.2. The molecule has 0 atom stereocenters. The number of rotatable bonds is 5. The molecule has 1 N–H and O–H groups in total. The Labute approximate surface area is 150 Å². The molecule has 25 heavy (non-hydrogen) atoms. The van der Waals surface area contributed by atoms with Gasteiger partial charge >= 0.3 is 0 Å². The van der Waals surface area contributed by atoms with Crippen molar-refractivity contribution < 1.29 is 8.42 Å². The lowest BCUT2D eigenvalue weighted by Crippen LogP contribution is -2.44. The molecule has 0 unspecified atom stereocenters. The van der Waals surface area contributed by atoms with Crippen LogP contribution in [0.2, 0.25) is 0 Å². The molecule has 0 radical (unpaired) electrons. The molecule has 1 saturated heterocycles. The molecule has 1 aliphatic rings. The van der Waals surface area contributed by atoms with Gasteiger partial charge in [-0.25, -0.2) is 8.42 Å². The van der Waals surface area contributed by atoms with Crippen LogP contribution in [0.1, 0.15) is 29.5 Å². The maximum atomic E-state index is 12.7. The summed E-state index contributed by atoms with van der Waals surface area (Å²) in [5, 5.41) is 3.56. The van der Waals surface area contributed by atoms with E-state index in [1.54, 1.807) is 16.4 Å². The Kier molecular flexibility index (Phi) is 5.57. The van der Waals surface area contributed by atoms with Gasteiger partial charge in [0.05, 0.1) is 4.90 Å². The Hall–Kier alpha value is -1.69. The summed E-state index contributed by atoms with van der Waals surface area (Å²) in [5.41, 5.74) is 3.59. The van der Waals surface area contributed by atoms with Crippen molar-refractivity contribution in [2.45, 2.75) is 44.2 Å². The summed E-state index contributed by atoms with van der Waals surface area (Å²) in [5.74, 6) is 0. The van der Waals surface area contributed by atoms with Crippen molar-refractivity contribution >= 4 is 10.0 Å². The molecule has 5 heteroatoms. The molecular weight excluding hydrogens is 332 g/mol. The molecule has 1 fully saturated rings. The lowest BCUT2D eigenvalue weighted by molar-refractivity contribution is 0.288. The Bertz CT molecular complexity index is 791. The van der Waals surface area contributed by atoms with E-state index in [9.17, 15) is 8.42 Å². The predicted octanol–water partition coefficient (Wildman–Crippen LogP) is 3.25. The van der Waals surface area contributed by atoms with Gasteiger partial charge in [0.15, 0.2) is 0 Å². The predicted molar refractivity (Wildman–Crippen MR) is 101 cm³/mol. The molecule has 2 aromatic rings. The van der Waals surface area contributed by atoms with Crippen LogP contribution in [-0.2, 0) is 16.6 Å². The Morgan fingerprint density at radius 3 is 2.00 bits per heavy atom. The minimum absolute atomic E-state index is 0.366. The monoisotopic (exact) mass is 358 g/mol. The van der Waals surface area contributed by atoms with Crippen molar-refractivity contribution in [1.82, 2.24) is 9.62 Å². The van der Waals surface area contributed by atoms with Crippen molar-refractivity contribution in [3.63, 3.8) is 0 Å². The van der Waals surface area contributed by atoms with Gasteiger partial charge in [-0.1, -0.05) is 47.5 Å². The van der Waals surface area contributed by atoms with Gasteiger partial charge < -0.3 is 5.32 Å².